The van der Waals surface area contributed by atoms with Gasteiger partial charge in [0.25, 0.3) is 5.91 Å². The SMILES string of the molecule is Cc1c(Cl)cccc1NC(=O)[C@@H](C)OC(=O)[C@@H]1CCC(=O)N1. The molecule has 0 saturated carbocycles. The van der Waals surface area contributed by atoms with E-state index in [0.717, 1.165) is 5.56 Å². The molecule has 22 heavy (non-hydrogen) atoms. The molecule has 1 fully saturated rings. The molecule has 1 aliphatic rings. The minimum atomic E-state index is -0.969. The zero-order valence-corrected chi connectivity index (χ0v) is 13.1. The molecule has 0 radical (unpaired) electrons. The third kappa shape index (κ3) is 3.76. The highest BCUT2D eigenvalue weighted by Gasteiger charge is 2.30. The molecule has 2 amide bonds. The van der Waals surface area contributed by atoms with E-state index in [1.54, 1.807) is 25.1 Å². The van der Waals surface area contributed by atoms with Crippen LogP contribution in [0.2, 0.25) is 5.02 Å². The van der Waals surface area contributed by atoms with Crippen LogP contribution in [0.1, 0.15) is 25.3 Å². The first kappa shape index (κ1) is 16.3. The number of anilines is 1. The molecule has 0 aromatic heterocycles. The van der Waals surface area contributed by atoms with Gasteiger partial charge in [0.05, 0.1) is 0 Å². The highest BCUT2D eigenvalue weighted by Crippen LogP contribution is 2.23. The fourth-order valence-corrected chi connectivity index (χ4v) is 2.25. The number of amides is 2. The van der Waals surface area contributed by atoms with Gasteiger partial charge >= 0.3 is 5.97 Å². The normalized spacial score (nSPS) is 18.5. The lowest BCUT2D eigenvalue weighted by Gasteiger charge is -2.17. The van der Waals surface area contributed by atoms with E-state index in [9.17, 15) is 14.4 Å². The largest absolute Gasteiger partial charge is 0.451 e. The first-order valence-corrected chi connectivity index (χ1v) is 7.32. The number of halogens is 1. The van der Waals surface area contributed by atoms with Crippen LogP contribution in [0, 0.1) is 6.92 Å². The van der Waals surface area contributed by atoms with E-state index in [2.05, 4.69) is 10.6 Å². The number of hydrogen-bond donors (Lipinski definition) is 2. The summed E-state index contributed by atoms with van der Waals surface area (Å²) in [7, 11) is 0. The maximum absolute atomic E-state index is 12.1. The van der Waals surface area contributed by atoms with Gasteiger partial charge in [-0.2, -0.15) is 0 Å². The minimum Gasteiger partial charge on any atom is -0.451 e. The van der Waals surface area contributed by atoms with Crippen LogP contribution >= 0.6 is 11.6 Å². The highest BCUT2D eigenvalue weighted by molar-refractivity contribution is 6.31. The van der Waals surface area contributed by atoms with Gasteiger partial charge in [-0.3, -0.25) is 9.59 Å². The maximum Gasteiger partial charge on any atom is 0.329 e. The van der Waals surface area contributed by atoms with Gasteiger partial charge in [0, 0.05) is 17.1 Å². The van der Waals surface area contributed by atoms with Crippen molar-refractivity contribution in [3.05, 3.63) is 28.8 Å². The van der Waals surface area contributed by atoms with Gasteiger partial charge in [-0.1, -0.05) is 17.7 Å². The Balaban J connectivity index is 1.93. The van der Waals surface area contributed by atoms with E-state index in [0.29, 0.717) is 23.6 Å². The summed E-state index contributed by atoms with van der Waals surface area (Å²) < 4.78 is 5.09. The Hall–Kier alpha value is -2.08. The quantitative estimate of drug-likeness (QED) is 0.827. The first-order valence-electron chi connectivity index (χ1n) is 6.94. The molecular weight excluding hydrogens is 308 g/mol. The van der Waals surface area contributed by atoms with E-state index in [4.69, 9.17) is 16.3 Å². The average Bonchev–Trinajstić information content (AvgIpc) is 2.90. The average molecular weight is 325 g/mol. The summed E-state index contributed by atoms with van der Waals surface area (Å²) in [6.45, 7) is 3.26. The molecule has 2 rings (SSSR count). The number of ether oxygens (including phenoxy) is 1. The molecule has 2 atom stereocenters. The topological polar surface area (TPSA) is 84.5 Å². The monoisotopic (exact) mass is 324 g/mol. The van der Waals surface area contributed by atoms with Crippen LogP contribution in [0.4, 0.5) is 5.69 Å². The number of hydrogen-bond acceptors (Lipinski definition) is 4. The first-order chi connectivity index (χ1) is 10.4. The summed E-state index contributed by atoms with van der Waals surface area (Å²) in [5.41, 5.74) is 1.30. The van der Waals surface area contributed by atoms with Crippen molar-refractivity contribution in [3.63, 3.8) is 0 Å². The van der Waals surface area contributed by atoms with Gasteiger partial charge < -0.3 is 15.4 Å². The number of benzene rings is 1. The van der Waals surface area contributed by atoms with E-state index in [-0.39, 0.29) is 5.91 Å². The summed E-state index contributed by atoms with van der Waals surface area (Å²) in [5, 5.41) is 5.71. The van der Waals surface area contributed by atoms with Crippen molar-refractivity contribution in [2.75, 3.05) is 5.32 Å². The van der Waals surface area contributed by atoms with E-state index >= 15 is 0 Å². The molecule has 0 bridgehead atoms. The van der Waals surface area contributed by atoms with Gasteiger partial charge in [0.15, 0.2) is 6.10 Å². The Morgan fingerprint density at radius 1 is 1.45 bits per heavy atom. The van der Waals surface area contributed by atoms with Crippen molar-refractivity contribution in [2.24, 2.45) is 0 Å². The molecule has 1 heterocycles. The smallest absolute Gasteiger partial charge is 0.329 e. The van der Waals surface area contributed by atoms with Crippen molar-refractivity contribution in [1.82, 2.24) is 5.32 Å². The van der Waals surface area contributed by atoms with E-state index in [1.165, 1.54) is 6.92 Å². The predicted molar refractivity (Wildman–Crippen MR) is 81.5 cm³/mol. The Morgan fingerprint density at radius 3 is 2.82 bits per heavy atom. The fourth-order valence-electron chi connectivity index (χ4n) is 2.08. The van der Waals surface area contributed by atoms with E-state index < -0.39 is 24.0 Å². The second-order valence-corrected chi connectivity index (χ2v) is 5.55. The van der Waals surface area contributed by atoms with Crippen LogP contribution in [0.3, 0.4) is 0 Å². The van der Waals surface area contributed by atoms with Gasteiger partial charge in [0.1, 0.15) is 6.04 Å². The summed E-state index contributed by atoms with van der Waals surface area (Å²) >= 11 is 5.98. The van der Waals surface area contributed by atoms with Gasteiger partial charge in [-0.05, 0) is 38.0 Å². The number of nitrogens with one attached hydrogen (secondary N) is 2. The molecule has 0 spiro atoms. The lowest BCUT2D eigenvalue weighted by Crippen LogP contribution is -2.39. The van der Waals surface area contributed by atoms with Gasteiger partial charge in [-0.25, -0.2) is 4.79 Å². The van der Waals surface area contributed by atoms with Crippen molar-refractivity contribution in [3.8, 4) is 0 Å². The summed E-state index contributed by atoms with van der Waals surface area (Å²) in [5.74, 6) is -1.24. The summed E-state index contributed by atoms with van der Waals surface area (Å²) in [6.07, 6.45) is -0.287. The highest BCUT2D eigenvalue weighted by atomic mass is 35.5. The molecule has 1 aliphatic heterocycles. The standard InChI is InChI=1S/C15H17ClN2O4/c1-8-10(16)4-3-5-11(8)18-14(20)9(2)22-15(21)12-6-7-13(19)17-12/h3-5,9,12H,6-7H2,1-2H3,(H,17,19)(H,18,20)/t9-,12+/m1/s1. The van der Waals surface area contributed by atoms with Crippen LogP contribution in [-0.2, 0) is 19.1 Å². The third-order valence-electron chi connectivity index (χ3n) is 3.47. The molecule has 7 heteroatoms. The fraction of sp³-hybridized carbons (Fsp3) is 0.400. The van der Waals surface area contributed by atoms with Crippen LogP contribution < -0.4 is 10.6 Å². The third-order valence-corrected chi connectivity index (χ3v) is 3.88. The van der Waals surface area contributed by atoms with Gasteiger partial charge in [-0.15, -0.1) is 0 Å². The van der Waals surface area contributed by atoms with Crippen LogP contribution in [0.15, 0.2) is 18.2 Å². The Bertz CT molecular complexity index is 618. The Labute approximate surface area is 133 Å². The molecule has 118 valence electrons. The number of carbonyl (C=O) groups is 3. The van der Waals surface area contributed by atoms with Crippen molar-refractivity contribution in [1.29, 1.82) is 0 Å². The van der Waals surface area contributed by atoms with Crippen molar-refractivity contribution >= 4 is 35.1 Å². The molecule has 1 aromatic rings. The Kier molecular flexibility index (Phi) is 5.03. The molecule has 6 nitrogen and oxygen atoms in total. The number of esters is 1. The Morgan fingerprint density at radius 2 is 2.18 bits per heavy atom. The second kappa shape index (κ2) is 6.79. The maximum atomic E-state index is 12.1. The predicted octanol–water partition coefficient (Wildman–Crippen LogP) is 1.80. The van der Waals surface area contributed by atoms with E-state index in [1.807, 2.05) is 0 Å². The van der Waals surface area contributed by atoms with Crippen LogP contribution in [0.25, 0.3) is 0 Å². The number of rotatable bonds is 4. The lowest BCUT2D eigenvalue weighted by molar-refractivity contribution is -0.155. The molecule has 2 N–H and O–H groups in total. The van der Waals surface area contributed by atoms with Crippen molar-refractivity contribution < 1.29 is 19.1 Å². The molecule has 1 saturated heterocycles. The summed E-state index contributed by atoms with van der Waals surface area (Å²) in [6, 6.07) is 4.48. The molecule has 0 unspecified atom stereocenters. The molecular formula is C15H17ClN2O4. The molecule has 1 aromatic carbocycles. The van der Waals surface area contributed by atoms with Crippen LogP contribution in [0.5, 0.6) is 0 Å². The second-order valence-electron chi connectivity index (χ2n) is 5.14. The van der Waals surface area contributed by atoms with Gasteiger partial charge in [0.2, 0.25) is 5.91 Å². The zero-order valence-electron chi connectivity index (χ0n) is 12.3. The zero-order chi connectivity index (χ0) is 16.3. The minimum absolute atomic E-state index is 0.186. The number of carbonyl (C=O) groups excluding carboxylic acids is 3. The van der Waals surface area contributed by atoms with Crippen LogP contribution in [-0.4, -0.2) is 29.9 Å². The lowest BCUT2D eigenvalue weighted by atomic mass is 10.2. The van der Waals surface area contributed by atoms with Crippen molar-refractivity contribution in [2.45, 2.75) is 38.8 Å². The molecule has 0 aliphatic carbocycles. The summed E-state index contributed by atoms with van der Waals surface area (Å²) in [4.78, 5) is 35.0.